The number of aromatic nitrogens is 3. The van der Waals surface area contributed by atoms with Crippen LogP contribution >= 0.6 is 23.2 Å². The van der Waals surface area contributed by atoms with Gasteiger partial charge in [0, 0.05) is 46.3 Å². The molecule has 1 aromatic heterocycles. The highest BCUT2D eigenvalue weighted by atomic mass is 35.5. The largest absolute Gasteiger partial charge is 0.352 e. The standard InChI is InChI=1S/C21H21Cl2N5/c1-13-11-28(12-14(2)24-13)21-19(15-3-7-17(22)8-4-15)26-27-20(25-21)16-5-9-18(23)10-6-16/h3-10,13-14,24H,11-12H2,1-2H3. The molecule has 2 heterocycles. The molecule has 1 aliphatic heterocycles. The fraction of sp³-hybridized carbons (Fsp3) is 0.286. The Bertz CT molecular complexity index is 950. The lowest BCUT2D eigenvalue weighted by Crippen LogP contribution is -2.54. The van der Waals surface area contributed by atoms with Crippen molar-refractivity contribution in [3.63, 3.8) is 0 Å². The molecular formula is C21H21Cl2N5. The molecule has 3 aromatic rings. The number of hydrogen-bond donors (Lipinski definition) is 1. The van der Waals surface area contributed by atoms with Crippen molar-refractivity contribution in [3.05, 3.63) is 58.6 Å². The second-order valence-corrected chi connectivity index (χ2v) is 8.07. The predicted molar refractivity (Wildman–Crippen MR) is 115 cm³/mol. The van der Waals surface area contributed by atoms with Gasteiger partial charge in [0.15, 0.2) is 11.6 Å². The Kier molecular flexibility index (Phi) is 5.49. The van der Waals surface area contributed by atoms with E-state index in [1.807, 2.05) is 48.5 Å². The third-order valence-electron chi connectivity index (χ3n) is 4.75. The van der Waals surface area contributed by atoms with Crippen LogP contribution in [-0.2, 0) is 0 Å². The van der Waals surface area contributed by atoms with Gasteiger partial charge >= 0.3 is 0 Å². The molecule has 28 heavy (non-hydrogen) atoms. The van der Waals surface area contributed by atoms with E-state index in [1.165, 1.54) is 0 Å². The van der Waals surface area contributed by atoms with Crippen LogP contribution in [0.2, 0.25) is 10.0 Å². The molecule has 1 aliphatic rings. The molecule has 2 atom stereocenters. The Balaban J connectivity index is 1.81. The van der Waals surface area contributed by atoms with Crippen molar-refractivity contribution in [2.24, 2.45) is 0 Å². The van der Waals surface area contributed by atoms with Crippen LogP contribution in [0.5, 0.6) is 0 Å². The van der Waals surface area contributed by atoms with Gasteiger partial charge < -0.3 is 10.2 Å². The van der Waals surface area contributed by atoms with Crippen LogP contribution in [-0.4, -0.2) is 40.4 Å². The molecule has 0 amide bonds. The van der Waals surface area contributed by atoms with Gasteiger partial charge in [0.05, 0.1) is 0 Å². The zero-order valence-corrected chi connectivity index (χ0v) is 17.2. The first-order valence-corrected chi connectivity index (χ1v) is 10.0. The molecule has 0 saturated carbocycles. The predicted octanol–water partition coefficient (Wildman–Crippen LogP) is 4.70. The lowest BCUT2D eigenvalue weighted by atomic mass is 10.1. The number of nitrogens with one attached hydrogen (secondary N) is 1. The zero-order chi connectivity index (χ0) is 19.7. The van der Waals surface area contributed by atoms with Gasteiger partial charge in [0.1, 0.15) is 5.69 Å². The smallest absolute Gasteiger partial charge is 0.183 e. The van der Waals surface area contributed by atoms with Crippen molar-refractivity contribution in [1.29, 1.82) is 0 Å². The molecule has 0 spiro atoms. The molecule has 2 unspecified atom stereocenters. The SMILES string of the molecule is CC1CN(c2nc(-c3ccc(Cl)cc3)nnc2-c2ccc(Cl)cc2)CC(C)N1. The van der Waals surface area contributed by atoms with E-state index in [-0.39, 0.29) is 0 Å². The van der Waals surface area contributed by atoms with Crippen molar-refractivity contribution in [1.82, 2.24) is 20.5 Å². The van der Waals surface area contributed by atoms with E-state index in [0.717, 1.165) is 35.7 Å². The fourth-order valence-corrected chi connectivity index (χ4v) is 3.81. The third kappa shape index (κ3) is 4.12. The number of hydrogen-bond acceptors (Lipinski definition) is 5. The minimum absolute atomic E-state index is 0.357. The van der Waals surface area contributed by atoms with E-state index in [0.29, 0.717) is 28.0 Å². The topological polar surface area (TPSA) is 53.9 Å². The van der Waals surface area contributed by atoms with Crippen LogP contribution in [0, 0.1) is 0 Å². The Morgan fingerprint density at radius 1 is 0.821 bits per heavy atom. The summed E-state index contributed by atoms with van der Waals surface area (Å²) in [6, 6.07) is 15.8. The molecule has 0 bridgehead atoms. The van der Waals surface area contributed by atoms with E-state index >= 15 is 0 Å². The van der Waals surface area contributed by atoms with Crippen molar-refractivity contribution < 1.29 is 0 Å². The maximum absolute atomic E-state index is 6.06. The van der Waals surface area contributed by atoms with E-state index in [1.54, 1.807) is 0 Å². The third-order valence-corrected chi connectivity index (χ3v) is 5.25. The number of nitrogens with zero attached hydrogens (tertiary/aromatic N) is 4. The first kappa shape index (κ1) is 19.1. The van der Waals surface area contributed by atoms with Crippen LogP contribution in [0.15, 0.2) is 48.5 Å². The number of anilines is 1. The lowest BCUT2D eigenvalue weighted by molar-refractivity contribution is 0.405. The minimum atomic E-state index is 0.357. The fourth-order valence-electron chi connectivity index (χ4n) is 3.55. The highest BCUT2D eigenvalue weighted by molar-refractivity contribution is 6.30. The molecule has 1 saturated heterocycles. The summed E-state index contributed by atoms with van der Waals surface area (Å²) in [5.74, 6) is 1.42. The van der Waals surface area contributed by atoms with Crippen molar-refractivity contribution in [2.75, 3.05) is 18.0 Å². The van der Waals surface area contributed by atoms with Gasteiger partial charge in [-0.1, -0.05) is 35.3 Å². The van der Waals surface area contributed by atoms with Crippen LogP contribution < -0.4 is 10.2 Å². The number of benzene rings is 2. The van der Waals surface area contributed by atoms with Crippen molar-refractivity contribution in [2.45, 2.75) is 25.9 Å². The first-order valence-electron chi connectivity index (χ1n) is 9.27. The Labute approximate surface area is 174 Å². The molecule has 5 nitrogen and oxygen atoms in total. The zero-order valence-electron chi connectivity index (χ0n) is 15.7. The second kappa shape index (κ2) is 8.03. The molecule has 144 valence electrons. The summed E-state index contributed by atoms with van der Waals surface area (Å²) in [4.78, 5) is 7.19. The maximum atomic E-state index is 6.06. The quantitative estimate of drug-likeness (QED) is 0.674. The van der Waals surface area contributed by atoms with E-state index in [4.69, 9.17) is 28.2 Å². The van der Waals surface area contributed by atoms with Crippen LogP contribution in [0.25, 0.3) is 22.6 Å². The summed E-state index contributed by atoms with van der Waals surface area (Å²) < 4.78 is 0. The average Bonchev–Trinajstić information content (AvgIpc) is 2.68. The second-order valence-electron chi connectivity index (χ2n) is 7.20. The van der Waals surface area contributed by atoms with Crippen LogP contribution in [0.4, 0.5) is 5.82 Å². The van der Waals surface area contributed by atoms with E-state index < -0.39 is 0 Å². The lowest BCUT2D eigenvalue weighted by Gasteiger charge is -2.37. The highest BCUT2D eigenvalue weighted by Gasteiger charge is 2.26. The summed E-state index contributed by atoms with van der Waals surface area (Å²) in [6.45, 7) is 6.06. The first-order chi connectivity index (χ1) is 13.5. The molecular weight excluding hydrogens is 393 g/mol. The summed E-state index contributed by atoms with van der Waals surface area (Å²) in [5.41, 5.74) is 2.59. The molecule has 1 N–H and O–H groups in total. The van der Waals surface area contributed by atoms with Crippen molar-refractivity contribution in [3.8, 4) is 22.6 Å². The molecule has 4 rings (SSSR count). The summed E-state index contributed by atoms with van der Waals surface area (Å²) >= 11 is 12.1. The summed E-state index contributed by atoms with van der Waals surface area (Å²) in [5, 5.41) is 13.9. The van der Waals surface area contributed by atoms with Crippen LogP contribution in [0.1, 0.15) is 13.8 Å². The van der Waals surface area contributed by atoms with E-state index in [2.05, 4.69) is 34.3 Å². The Morgan fingerprint density at radius 3 is 1.93 bits per heavy atom. The van der Waals surface area contributed by atoms with Gasteiger partial charge in [-0.3, -0.25) is 0 Å². The summed E-state index contributed by atoms with van der Waals surface area (Å²) in [6.07, 6.45) is 0. The van der Waals surface area contributed by atoms with Gasteiger partial charge in [0.25, 0.3) is 0 Å². The van der Waals surface area contributed by atoms with Crippen molar-refractivity contribution >= 4 is 29.0 Å². The minimum Gasteiger partial charge on any atom is -0.352 e. The molecule has 0 radical (unpaired) electrons. The monoisotopic (exact) mass is 413 g/mol. The number of rotatable bonds is 3. The number of piperazine rings is 1. The summed E-state index contributed by atoms with van der Waals surface area (Å²) in [7, 11) is 0. The number of halogens is 2. The Morgan fingerprint density at radius 2 is 1.36 bits per heavy atom. The van der Waals surface area contributed by atoms with E-state index in [9.17, 15) is 0 Å². The molecule has 1 fully saturated rings. The van der Waals surface area contributed by atoms with Gasteiger partial charge in [-0.2, -0.15) is 0 Å². The van der Waals surface area contributed by atoms with Gasteiger partial charge in [-0.25, -0.2) is 4.98 Å². The van der Waals surface area contributed by atoms with Gasteiger partial charge in [-0.15, -0.1) is 10.2 Å². The Hall–Kier alpha value is -2.21. The van der Waals surface area contributed by atoms with Gasteiger partial charge in [-0.05, 0) is 50.2 Å². The maximum Gasteiger partial charge on any atom is 0.183 e. The normalized spacial score (nSPS) is 19.6. The van der Waals surface area contributed by atoms with Crippen LogP contribution in [0.3, 0.4) is 0 Å². The van der Waals surface area contributed by atoms with Gasteiger partial charge in [0.2, 0.25) is 0 Å². The molecule has 0 aliphatic carbocycles. The molecule has 7 heteroatoms. The highest BCUT2D eigenvalue weighted by Crippen LogP contribution is 2.31. The molecule has 2 aromatic carbocycles. The average molecular weight is 414 g/mol.